The number of carbonyl (C=O) groups excluding carboxylic acids is 1. The van der Waals surface area contributed by atoms with Gasteiger partial charge in [-0.3, -0.25) is 5.21 Å². The Morgan fingerprint density at radius 2 is 1.89 bits per heavy atom. The van der Waals surface area contributed by atoms with Crippen molar-refractivity contribution in [2.45, 2.75) is 6.54 Å². The molecule has 0 unspecified atom stereocenters. The predicted molar refractivity (Wildman–Crippen MR) is 68.0 cm³/mol. The Kier molecular flexibility index (Phi) is 2.81. The van der Waals surface area contributed by atoms with Crippen molar-refractivity contribution < 1.29 is 10.0 Å². The van der Waals surface area contributed by atoms with Crippen molar-refractivity contribution in [3.8, 4) is 0 Å². The van der Waals surface area contributed by atoms with Crippen LogP contribution in [0.5, 0.6) is 0 Å². The number of piperazine rings is 1. The number of carbonyl (C=O) groups is 1. The molecule has 0 aliphatic carbocycles. The van der Waals surface area contributed by atoms with Crippen LogP contribution in [0.4, 0.5) is 16.2 Å². The molecule has 6 heteroatoms. The van der Waals surface area contributed by atoms with Gasteiger partial charge in [0.05, 0.1) is 5.69 Å². The normalized spacial score (nSPS) is 19.5. The quantitative estimate of drug-likeness (QED) is 0.634. The summed E-state index contributed by atoms with van der Waals surface area (Å²) in [4.78, 5) is 13.7. The van der Waals surface area contributed by atoms with Gasteiger partial charge in [0, 0.05) is 44.0 Å². The highest BCUT2D eigenvalue weighted by Crippen LogP contribution is 2.32. The van der Waals surface area contributed by atoms with E-state index < -0.39 is 6.03 Å². The van der Waals surface area contributed by atoms with Crippen molar-refractivity contribution in [1.29, 1.82) is 0 Å². The molecule has 0 aromatic heterocycles. The monoisotopic (exact) mass is 248 g/mol. The minimum atomic E-state index is -0.472. The van der Waals surface area contributed by atoms with Crippen LogP contribution in [-0.4, -0.2) is 37.4 Å². The van der Waals surface area contributed by atoms with Gasteiger partial charge in [-0.15, -0.1) is 0 Å². The molecule has 0 bridgehead atoms. The molecule has 1 fully saturated rings. The zero-order chi connectivity index (χ0) is 12.5. The van der Waals surface area contributed by atoms with Gasteiger partial charge in [0.1, 0.15) is 0 Å². The Labute approximate surface area is 105 Å². The Hall–Kier alpha value is -1.79. The number of hydrogen-bond donors (Lipinski definition) is 3. The van der Waals surface area contributed by atoms with Gasteiger partial charge in [-0.05, 0) is 12.1 Å². The number of benzene rings is 1. The van der Waals surface area contributed by atoms with Crippen LogP contribution < -0.4 is 20.6 Å². The Morgan fingerprint density at radius 1 is 1.17 bits per heavy atom. The first-order valence-corrected chi connectivity index (χ1v) is 6.12. The summed E-state index contributed by atoms with van der Waals surface area (Å²) in [7, 11) is 0. The average molecular weight is 248 g/mol. The summed E-state index contributed by atoms with van der Waals surface area (Å²) in [6.45, 7) is 4.26. The zero-order valence-corrected chi connectivity index (χ0v) is 10.0. The molecule has 18 heavy (non-hydrogen) atoms. The van der Waals surface area contributed by atoms with E-state index in [-0.39, 0.29) is 0 Å². The SMILES string of the molecule is O=C1NCc2c(N3CCNCC3)cccc2N1O. The fourth-order valence-corrected chi connectivity index (χ4v) is 2.49. The number of fused-ring (bicyclic) bond motifs is 1. The van der Waals surface area contributed by atoms with E-state index in [0.29, 0.717) is 17.3 Å². The maximum absolute atomic E-state index is 11.4. The molecule has 3 rings (SSSR count). The number of rotatable bonds is 1. The molecular weight excluding hydrogens is 232 g/mol. The van der Waals surface area contributed by atoms with E-state index in [1.54, 1.807) is 6.07 Å². The summed E-state index contributed by atoms with van der Waals surface area (Å²) >= 11 is 0. The first-order chi connectivity index (χ1) is 8.77. The van der Waals surface area contributed by atoms with Crippen molar-refractivity contribution in [2.24, 2.45) is 0 Å². The lowest BCUT2D eigenvalue weighted by Gasteiger charge is -2.34. The molecule has 0 atom stereocenters. The molecule has 2 heterocycles. The number of nitrogens with zero attached hydrogens (tertiary/aromatic N) is 2. The van der Waals surface area contributed by atoms with Gasteiger partial charge in [-0.2, -0.15) is 5.06 Å². The topological polar surface area (TPSA) is 67.8 Å². The average Bonchev–Trinajstić information content (AvgIpc) is 2.43. The minimum Gasteiger partial charge on any atom is -0.369 e. The third-order valence-corrected chi connectivity index (χ3v) is 3.42. The van der Waals surface area contributed by atoms with Crippen LogP contribution in [0.15, 0.2) is 18.2 Å². The number of amides is 2. The Morgan fingerprint density at radius 3 is 2.67 bits per heavy atom. The van der Waals surface area contributed by atoms with Crippen LogP contribution in [0, 0.1) is 0 Å². The molecule has 1 saturated heterocycles. The number of urea groups is 1. The predicted octanol–water partition coefficient (Wildman–Crippen LogP) is 0.515. The van der Waals surface area contributed by atoms with Crippen molar-refractivity contribution in [3.63, 3.8) is 0 Å². The molecule has 3 N–H and O–H groups in total. The Balaban J connectivity index is 1.98. The van der Waals surface area contributed by atoms with Crippen LogP contribution in [0.3, 0.4) is 0 Å². The summed E-state index contributed by atoms with van der Waals surface area (Å²) in [5, 5.41) is 16.4. The van der Waals surface area contributed by atoms with E-state index in [1.807, 2.05) is 12.1 Å². The van der Waals surface area contributed by atoms with Gasteiger partial charge in [0.25, 0.3) is 0 Å². The molecule has 2 aliphatic rings. The molecule has 6 nitrogen and oxygen atoms in total. The lowest BCUT2D eigenvalue weighted by atomic mass is 10.1. The van der Waals surface area contributed by atoms with E-state index in [4.69, 9.17) is 0 Å². The lowest BCUT2D eigenvalue weighted by molar-refractivity contribution is 0.200. The van der Waals surface area contributed by atoms with Gasteiger partial charge in [-0.1, -0.05) is 6.07 Å². The summed E-state index contributed by atoms with van der Waals surface area (Å²) in [6.07, 6.45) is 0. The largest absolute Gasteiger partial charge is 0.369 e. The number of nitrogens with one attached hydrogen (secondary N) is 2. The van der Waals surface area contributed by atoms with Crippen molar-refractivity contribution in [1.82, 2.24) is 10.6 Å². The third kappa shape index (κ3) is 1.79. The van der Waals surface area contributed by atoms with Gasteiger partial charge < -0.3 is 15.5 Å². The standard InChI is InChI=1S/C12H16N4O2/c17-12-14-8-9-10(15-6-4-13-5-7-15)2-1-3-11(9)16(12)18/h1-3,13,18H,4-8H2,(H,14,17). The van der Waals surface area contributed by atoms with Crippen molar-refractivity contribution >= 4 is 17.4 Å². The molecule has 1 aromatic carbocycles. The Bertz CT molecular complexity index is 471. The maximum Gasteiger partial charge on any atom is 0.346 e. The molecule has 96 valence electrons. The molecule has 0 spiro atoms. The van der Waals surface area contributed by atoms with Gasteiger partial charge in [0.2, 0.25) is 0 Å². The van der Waals surface area contributed by atoms with Crippen LogP contribution in [0.25, 0.3) is 0 Å². The summed E-state index contributed by atoms with van der Waals surface area (Å²) in [6, 6.07) is 5.20. The third-order valence-electron chi connectivity index (χ3n) is 3.42. The maximum atomic E-state index is 11.4. The first-order valence-electron chi connectivity index (χ1n) is 6.12. The fourth-order valence-electron chi connectivity index (χ4n) is 2.49. The molecule has 2 amide bonds. The molecule has 0 radical (unpaired) electrons. The van der Waals surface area contributed by atoms with Crippen molar-refractivity contribution in [2.75, 3.05) is 36.1 Å². The van der Waals surface area contributed by atoms with E-state index in [0.717, 1.165) is 37.4 Å². The minimum absolute atomic E-state index is 0.464. The highest BCUT2D eigenvalue weighted by Gasteiger charge is 2.26. The second-order valence-electron chi connectivity index (χ2n) is 4.48. The summed E-state index contributed by atoms with van der Waals surface area (Å²) in [5.74, 6) is 0. The smallest absolute Gasteiger partial charge is 0.346 e. The number of hydrogen-bond acceptors (Lipinski definition) is 4. The van der Waals surface area contributed by atoms with Gasteiger partial charge >= 0.3 is 6.03 Å². The van der Waals surface area contributed by atoms with E-state index in [9.17, 15) is 10.0 Å². The van der Waals surface area contributed by atoms with E-state index in [1.165, 1.54) is 0 Å². The van der Waals surface area contributed by atoms with E-state index >= 15 is 0 Å². The molecule has 1 aromatic rings. The van der Waals surface area contributed by atoms with Crippen LogP contribution in [-0.2, 0) is 6.54 Å². The summed E-state index contributed by atoms with van der Waals surface area (Å²) in [5.41, 5.74) is 2.64. The van der Waals surface area contributed by atoms with Crippen LogP contribution >= 0.6 is 0 Å². The molecule has 2 aliphatic heterocycles. The zero-order valence-electron chi connectivity index (χ0n) is 10.0. The van der Waals surface area contributed by atoms with Gasteiger partial charge in [0.15, 0.2) is 0 Å². The highest BCUT2D eigenvalue weighted by atomic mass is 16.5. The lowest BCUT2D eigenvalue weighted by Crippen LogP contribution is -2.46. The number of hydroxylamine groups is 1. The number of anilines is 2. The second-order valence-corrected chi connectivity index (χ2v) is 4.48. The fraction of sp³-hybridized carbons (Fsp3) is 0.417. The highest BCUT2D eigenvalue weighted by molar-refractivity contribution is 5.94. The summed E-state index contributed by atoms with van der Waals surface area (Å²) < 4.78 is 0. The first kappa shape index (κ1) is 11.3. The van der Waals surface area contributed by atoms with Crippen LogP contribution in [0.2, 0.25) is 0 Å². The second kappa shape index (κ2) is 4.47. The van der Waals surface area contributed by atoms with E-state index in [2.05, 4.69) is 15.5 Å². The van der Waals surface area contributed by atoms with Crippen molar-refractivity contribution in [3.05, 3.63) is 23.8 Å². The molecule has 0 saturated carbocycles. The van der Waals surface area contributed by atoms with Crippen LogP contribution in [0.1, 0.15) is 5.56 Å². The molecular formula is C12H16N4O2. The van der Waals surface area contributed by atoms with Gasteiger partial charge in [-0.25, -0.2) is 4.79 Å².